The van der Waals surface area contributed by atoms with Gasteiger partial charge in [0.15, 0.2) is 0 Å². The van der Waals surface area contributed by atoms with Crippen molar-refractivity contribution in [3.05, 3.63) is 0 Å². The minimum Gasteiger partial charge on any atom is -0.392 e. The minimum absolute atomic E-state index is 0.0916. The first-order chi connectivity index (χ1) is 8.49. The zero-order chi connectivity index (χ0) is 14.0. The third-order valence-corrected chi connectivity index (χ3v) is 3.60. The second-order valence-corrected chi connectivity index (χ2v) is 5.07. The lowest BCUT2D eigenvalue weighted by atomic mass is 9.86. The van der Waals surface area contributed by atoms with Gasteiger partial charge < -0.3 is 15.8 Å². The number of nitrogens with two attached hydrogens (primary N) is 1. The van der Waals surface area contributed by atoms with Gasteiger partial charge in [0.2, 0.25) is 5.91 Å². The van der Waals surface area contributed by atoms with Crippen LogP contribution in [-0.2, 0) is 9.53 Å². The van der Waals surface area contributed by atoms with Crippen LogP contribution in [-0.4, -0.2) is 30.7 Å². The minimum atomic E-state index is -0.738. The highest BCUT2D eigenvalue weighted by Crippen LogP contribution is 2.21. The molecule has 0 bridgehead atoms. The number of amides is 1. The van der Waals surface area contributed by atoms with Crippen LogP contribution >= 0.6 is 12.2 Å². The Morgan fingerprint density at radius 1 is 1.33 bits per heavy atom. The van der Waals surface area contributed by atoms with E-state index in [-0.39, 0.29) is 10.9 Å². The largest absolute Gasteiger partial charge is 0.392 e. The highest BCUT2D eigenvalue weighted by atomic mass is 32.1. The predicted molar refractivity (Wildman–Crippen MR) is 78.5 cm³/mol. The topological polar surface area (TPSA) is 64.3 Å². The van der Waals surface area contributed by atoms with E-state index in [0.717, 1.165) is 25.9 Å². The molecule has 0 saturated heterocycles. The molecule has 1 amide bonds. The smallest absolute Gasteiger partial charge is 0.232 e. The molecule has 0 spiro atoms. The first kappa shape index (κ1) is 17.3. The summed E-state index contributed by atoms with van der Waals surface area (Å²) in [5, 5.41) is 2.86. The number of carbonyl (C=O) groups excluding carboxylic acids is 1. The fraction of sp³-hybridized carbons (Fsp3) is 0.846. The summed E-state index contributed by atoms with van der Waals surface area (Å²) in [6.45, 7) is 7.89. The molecule has 0 aromatic heterocycles. The maximum absolute atomic E-state index is 12.0. The molecular formula is C13H26N2O2S. The highest BCUT2D eigenvalue weighted by molar-refractivity contribution is 7.80. The van der Waals surface area contributed by atoms with Crippen molar-refractivity contribution in [3.8, 4) is 0 Å². The van der Waals surface area contributed by atoms with Gasteiger partial charge in [-0.05, 0) is 26.2 Å². The van der Waals surface area contributed by atoms with E-state index in [0.29, 0.717) is 19.6 Å². The maximum Gasteiger partial charge on any atom is 0.232 e. The summed E-state index contributed by atoms with van der Waals surface area (Å²) in [6.07, 6.45) is 3.65. The Balaban J connectivity index is 3.79. The summed E-state index contributed by atoms with van der Waals surface area (Å²) in [5.41, 5.74) is 4.88. The Hall–Kier alpha value is -0.680. The van der Waals surface area contributed by atoms with Crippen LogP contribution in [0, 0.1) is 5.41 Å². The Morgan fingerprint density at radius 3 is 2.44 bits per heavy atom. The summed E-state index contributed by atoms with van der Waals surface area (Å²) in [7, 11) is 0. The van der Waals surface area contributed by atoms with Gasteiger partial charge in [-0.1, -0.05) is 32.5 Å². The molecule has 106 valence electrons. The SMILES string of the molecule is CCCCOCCCNC(=O)C(C)(CC)C(N)=S. The first-order valence-electron chi connectivity index (χ1n) is 6.65. The van der Waals surface area contributed by atoms with Gasteiger partial charge in [0.1, 0.15) is 0 Å². The van der Waals surface area contributed by atoms with Gasteiger partial charge in [0, 0.05) is 19.8 Å². The normalized spacial score (nSPS) is 13.9. The average Bonchev–Trinajstić information content (AvgIpc) is 2.36. The molecule has 1 atom stereocenters. The fourth-order valence-corrected chi connectivity index (χ4v) is 1.60. The summed E-state index contributed by atoms with van der Waals surface area (Å²) in [4.78, 5) is 12.2. The standard InChI is InChI=1S/C13H26N2O2S/c1-4-6-9-17-10-7-8-15-12(16)13(3,5-2)11(14)18/h4-10H2,1-3H3,(H2,14,18)(H,15,16). The molecule has 4 nitrogen and oxygen atoms in total. The summed E-state index contributed by atoms with van der Waals surface area (Å²) < 4.78 is 5.41. The molecule has 0 aromatic rings. The molecule has 0 rings (SSSR count). The number of hydrogen-bond acceptors (Lipinski definition) is 3. The van der Waals surface area contributed by atoms with Crippen molar-refractivity contribution in [1.29, 1.82) is 0 Å². The van der Waals surface area contributed by atoms with Crippen LogP contribution < -0.4 is 11.1 Å². The van der Waals surface area contributed by atoms with Crippen LogP contribution in [0.1, 0.15) is 46.5 Å². The summed E-state index contributed by atoms with van der Waals surface area (Å²) in [6, 6.07) is 0. The molecule has 0 heterocycles. The van der Waals surface area contributed by atoms with Crippen molar-refractivity contribution >= 4 is 23.1 Å². The molecule has 0 saturated carbocycles. The molecule has 0 aliphatic carbocycles. The molecule has 5 heteroatoms. The lowest BCUT2D eigenvalue weighted by Gasteiger charge is -2.25. The van der Waals surface area contributed by atoms with Crippen molar-refractivity contribution in [2.24, 2.45) is 11.1 Å². The van der Waals surface area contributed by atoms with Crippen LogP contribution in [0.5, 0.6) is 0 Å². The molecule has 0 aromatic carbocycles. The van der Waals surface area contributed by atoms with E-state index >= 15 is 0 Å². The van der Waals surface area contributed by atoms with Crippen LogP contribution in [0.2, 0.25) is 0 Å². The maximum atomic E-state index is 12.0. The molecular weight excluding hydrogens is 248 g/mol. The Kier molecular flexibility index (Phi) is 8.93. The Morgan fingerprint density at radius 2 is 1.94 bits per heavy atom. The second kappa shape index (κ2) is 9.28. The van der Waals surface area contributed by atoms with Crippen molar-refractivity contribution in [3.63, 3.8) is 0 Å². The van der Waals surface area contributed by atoms with E-state index in [1.165, 1.54) is 0 Å². The van der Waals surface area contributed by atoms with E-state index in [4.69, 9.17) is 22.7 Å². The number of ether oxygens (including phenoxy) is 1. The van der Waals surface area contributed by atoms with Crippen molar-refractivity contribution < 1.29 is 9.53 Å². The second-order valence-electron chi connectivity index (χ2n) is 4.63. The molecule has 0 aliphatic heterocycles. The Bertz CT molecular complexity index is 272. The van der Waals surface area contributed by atoms with Gasteiger partial charge >= 0.3 is 0 Å². The van der Waals surface area contributed by atoms with Gasteiger partial charge in [-0.2, -0.15) is 0 Å². The van der Waals surface area contributed by atoms with E-state index in [1.807, 2.05) is 6.92 Å². The lowest BCUT2D eigenvalue weighted by molar-refractivity contribution is -0.127. The molecule has 18 heavy (non-hydrogen) atoms. The van der Waals surface area contributed by atoms with Crippen LogP contribution in [0.3, 0.4) is 0 Å². The van der Waals surface area contributed by atoms with Gasteiger partial charge in [-0.3, -0.25) is 4.79 Å². The van der Waals surface area contributed by atoms with Crippen LogP contribution in [0.15, 0.2) is 0 Å². The first-order valence-corrected chi connectivity index (χ1v) is 7.05. The van der Waals surface area contributed by atoms with E-state index in [9.17, 15) is 4.79 Å². The van der Waals surface area contributed by atoms with Gasteiger partial charge in [0.05, 0.1) is 10.4 Å². The Labute approximate surface area is 116 Å². The number of nitrogens with one attached hydrogen (secondary N) is 1. The van der Waals surface area contributed by atoms with Crippen molar-refractivity contribution in [2.45, 2.75) is 46.5 Å². The third kappa shape index (κ3) is 5.78. The van der Waals surface area contributed by atoms with Gasteiger partial charge in [0.25, 0.3) is 0 Å². The number of hydrogen-bond donors (Lipinski definition) is 2. The molecule has 0 aliphatic rings. The summed E-state index contributed by atoms with van der Waals surface area (Å²) in [5.74, 6) is -0.0916. The number of carbonyl (C=O) groups is 1. The van der Waals surface area contributed by atoms with Gasteiger partial charge in [-0.15, -0.1) is 0 Å². The molecule has 3 N–H and O–H groups in total. The average molecular weight is 274 g/mol. The molecule has 0 fully saturated rings. The fourth-order valence-electron chi connectivity index (χ4n) is 1.37. The number of rotatable bonds is 10. The quantitative estimate of drug-likeness (QED) is 0.472. The highest BCUT2D eigenvalue weighted by Gasteiger charge is 2.34. The number of thiocarbonyl (C=S) groups is 1. The zero-order valence-corrected chi connectivity index (χ0v) is 12.6. The van der Waals surface area contributed by atoms with E-state index in [1.54, 1.807) is 6.92 Å². The molecule has 1 unspecified atom stereocenters. The van der Waals surface area contributed by atoms with Gasteiger partial charge in [-0.25, -0.2) is 0 Å². The monoisotopic (exact) mass is 274 g/mol. The number of unbranched alkanes of at least 4 members (excludes halogenated alkanes) is 1. The van der Waals surface area contributed by atoms with E-state index in [2.05, 4.69) is 12.2 Å². The van der Waals surface area contributed by atoms with Crippen molar-refractivity contribution in [1.82, 2.24) is 5.32 Å². The van der Waals surface area contributed by atoms with Crippen LogP contribution in [0.25, 0.3) is 0 Å². The van der Waals surface area contributed by atoms with E-state index < -0.39 is 5.41 Å². The predicted octanol–water partition coefficient (Wildman–Crippen LogP) is 2.01. The third-order valence-electron chi connectivity index (χ3n) is 3.15. The molecule has 0 radical (unpaired) electrons. The zero-order valence-electron chi connectivity index (χ0n) is 11.8. The van der Waals surface area contributed by atoms with Crippen LogP contribution in [0.4, 0.5) is 0 Å². The summed E-state index contributed by atoms with van der Waals surface area (Å²) >= 11 is 4.95. The van der Waals surface area contributed by atoms with Crippen molar-refractivity contribution in [2.75, 3.05) is 19.8 Å². The lowest BCUT2D eigenvalue weighted by Crippen LogP contribution is -2.46.